The molecule has 4 heteroatoms. The second kappa shape index (κ2) is 6.87. The Morgan fingerprint density at radius 3 is 3.11 bits per heavy atom. The van der Waals surface area contributed by atoms with Crippen molar-refractivity contribution in [3.05, 3.63) is 19.4 Å². The van der Waals surface area contributed by atoms with E-state index in [-0.39, 0.29) is 0 Å². The molecule has 1 aliphatic heterocycles. The van der Waals surface area contributed by atoms with Crippen LogP contribution in [-0.4, -0.2) is 19.3 Å². The lowest BCUT2D eigenvalue weighted by Gasteiger charge is -2.26. The zero-order chi connectivity index (χ0) is 13.1. The van der Waals surface area contributed by atoms with Crippen LogP contribution >= 0.6 is 33.9 Å². The standard InChI is InChI=1S/C15H22INOS/c16-15-10-12-13(5-3-6-14(12)19-15)17-8-7-11-4-1-2-9-18-11/h10-11,13,17H,1-9H2. The predicted octanol–water partition coefficient (Wildman–Crippen LogP) is 4.28. The van der Waals surface area contributed by atoms with Crippen LogP contribution in [0.1, 0.15) is 55.0 Å². The largest absolute Gasteiger partial charge is 0.378 e. The third-order valence-electron chi connectivity index (χ3n) is 4.21. The number of rotatable bonds is 4. The molecule has 0 radical (unpaired) electrons. The molecule has 2 aliphatic rings. The fourth-order valence-electron chi connectivity index (χ4n) is 3.19. The molecule has 1 fully saturated rings. The van der Waals surface area contributed by atoms with Crippen molar-refractivity contribution in [2.75, 3.05) is 13.2 Å². The van der Waals surface area contributed by atoms with Gasteiger partial charge in [-0.15, -0.1) is 11.3 Å². The molecule has 1 aromatic heterocycles. The van der Waals surface area contributed by atoms with Crippen molar-refractivity contribution in [1.29, 1.82) is 0 Å². The summed E-state index contributed by atoms with van der Waals surface area (Å²) < 4.78 is 7.24. The van der Waals surface area contributed by atoms with Crippen LogP contribution in [0.5, 0.6) is 0 Å². The number of halogens is 1. The molecule has 2 heterocycles. The zero-order valence-electron chi connectivity index (χ0n) is 11.3. The third-order valence-corrected chi connectivity index (χ3v) is 6.19. The average Bonchev–Trinajstić information content (AvgIpc) is 2.81. The van der Waals surface area contributed by atoms with Crippen LogP contribution in [0, 0.1) is 2.88 Å². The van der Waals surface area contributed by atoms with Crippen molar-refractivity contribution in [1.82, 2.24) is 5.32 Å². The van der Waals surface area contributed by atoms with Crippen LogP contribution in [-0.2, 0) is 11.2 Å². The van der Waals surface area contributed by atoms with Crippen molar-refractivity contribution in [2.24, 2.45) is 0 Å². The highest BCUT2D eigenvalue weighted by atomic mass is 127. The number of nitrogens with one attached hydrogen (secondary N) is 1. The molecule has 3 rings (SSSR count). The minimum atomic E-state index is 0.506. The summed E-state index contributed by atoms with van der Waals surface area (Å²) in [5.41, 5.74) is 1.57. The summed E-state index contributed by atoms with van der Waals surface area (Å²) in [7, 11) is 0. The molecule has 1 aliphatic carbocycles. The number of thiophene rings is 1. The van der Waals surface area contributed by atoms with Crippen LogP contribution in [0.25, 0.3) is 0 Å². The predicted molar refractivity (Wildman–Crippen MR) is 88.9 cm³/mol. The molecule has 0 spiro atoms. The topological polar surface area (TPSA) is 21.3 Å². The van der Waals surface area contributed by atoms with E-state index >= 15 is 0 Å². The monoisotopic (exact) mass is 391 g/mol. The smallest absolute Gasteiger partial charge is 0.0659 e. The molecule has 1 saturated heterocycles. The SMILES string of the molecule is Ic1cc2c(s1)CCCC2NCCC1CCCCO1. The fourth-order valence-corrected chi connectivity index (χ4v) is 5.31. The highest BCUT2D eigenvalue weighted by molar-refractivity contribution is 14.1. The Labute approximate surface area is 133 Å². The number of ether oxygens (including phenoxy) is 1. The summed E-state index contributed by atoms with van der Waals surface area (Å²) in [6, 6.07) is 2.97. The van der Waals surface area contributed by atoms with Crippen molar-refractivity contribution in [3.63, 3.8) is 0 Å². The van der Waals surface area contributed by atoms with Crippen LogP contribution < -0.4 is 5.32 Å². The van der Waals surface area contributed by atoms with E-state index < -0.39 is 0 Å². The minimum absolute atomic E-state index is 0.506. The van der Waals surface area contributed by atoms with E-state index in [1.807, 2.05) is 11.3 Å². The number of fused-ring (bicyclic) bond motifs is 1. The van der Waals surface area contributed by atoms with Gasteiger partial charge in [-0.05, 0) is 85.7 Å². The summed E-state index contributed by atoms with van der Waals surface area (Å²) in [6.07, 6.45) is 9.46. The highest BCUT2D eigenvalue weighted by Gasteiger charge is 2.22. The van der Waals surface area contributed by atoms with E-state index in [0.29, 0.717) is 12.1 Å². The lowest BCUT2D eigenvalue weighted by atomic mass is 9.94. The quantitative estimate of drug-likeness (QED) is 0.774. The Morgan fingerprint density at radius 1 is 1.32 bits per heavy atom. The molecule has 0 aromatic carbocycles. The minimum Gasteiger partial charge on any atom is -0.378 e. The van der Waals surface area contributed by atoms with Crippen molar-refractivity contribution in [3.8, 4) is 0 Å². The van der Waals surface area contributed by atoms with Gasteiger partial charge in [0.05, 0.1) is 8.99 Å². The number of aryl methyl sites for hydroxylation is 1. The Hall–Kier alpha value is 0.350. The summed E-state index contributed by atoms with van der Waals surface area (Å²) in [6.45, 7) is 2.07. The van der Waals surface area contributed by atoms with Crippen LogP contribution in [0.4, 0.5) is 0 Å². The molecule has 106 valence electrons. The molecule has 2 unspecified atom stereocenters. The average molecular weight is 391 g/mol. The van der Waals surface area contributed by atoms with Gasteiger partial charge in [-0.2, -0.15) is 0 Å². The van der Waals surface area contributed by atoms with Gasteiger partial charge >= 0.3 is 0 Å². The summed E-state index contributed by atoms with van der Waals surface area (Å²) >= 11 is 4.43. The fraction of sp³-hybridized carbons (Fsp3) is 0.733. The van der Waals surface area contributed by atoms with Crippen LogP contribution in [0.3, 0.4) is 0 Å². The van der Waals surface area contributed by atoms with Gasteiger partial charge < -0.3 is 10.1 Å². The maximum absolute atomic E-state index is 5.80. The third kappa shape index (κ3) is 3.71. The van der Waals surface area contributed by atoms with Gasteiger partial charge in [0, 0.05) is 17.5 Å². The lowest BCUT2D eigenvalue weighted by molar-refractivity contribution is 0.0111. The van der Waals surface area contributed by atoms with Gasteiger partial charge in [0.25, 0.3) is 0 Å². The van der Waals surface area contributed by atoms with Crippen molar-refractivity contribution in [2.45, 2.75) is 57.1 Å². The highest BCUT2D eigenvalue weighted by Crippen LogP contribution is 2.36. The Bertz CT molecular complexity index is 414. The van der Waals surface area contributed by atoms with Gasteiger partial charge in [-0.3, -0.25) is 0 Å². The van der Waals surface area contributed by atoms with Crippen LogP contribution in [0.15, 0.2) is 6.07 Å². The first-order valence-electron chi connectivity index (χ1n) is 7.46. The lowest BCUT2D eigenvalue weighted by Crippen LogP contribution is -2.29. The summed E-state index contributed by atoms with van der Waals surface area (Å²) in [5, 5.41) is 3.76. The zero-order valence-corrected chi connectivity index (χ0v) is 14.3. The van der Waals surface area contributed by atoms with E-state index in [2.05, 4.69) is 34.0 Å². The molecule has 19 heavy (non-hydrogen) atoms. The van der Waals surface area contributed by atoms with E-state index in [1.54, 1.807) is 10.4 Å². The molecule has 2 nitrogen and oxygen atoms in total. The second-order valence-electron chi connectivity index (χ2n) is 5.61. The molecule has 2 atom stereocenters. The Kier molecular flexibility index (Phi) is 5.17. The van der Waals surface area contributed by atoms with Crippen LogP contribution in [0.2, 0.25) is 0 Å². The molecule has 1 N–H and O–H groups in total. The Balaban J connectivity index is 1.50. The van der Waals surface area contributed by atoms with E-state index in [4.69, 9.17) is 4.74 Å². The molecule has 0 amide bonds. The maximum Gasteiger partial charge on any atom is 0.0659 e. The normalized spacial score (nSPS) is 27.2. The first-order valence-corrected chi connectivity index (χ1v) is 9.35. The molecule has 0 bridgehead atoms. The van der Waals surface area contributed by atoms with Gasteiger partial charge in [0.1, 0.15) is 0 Å². The van der Waals surface area contributed by atoms with E-state index in [1.165, 1.54) is 47.8 Å². The van der Waals surface area contributed by atoms with Crippen molar-refractivity contribution >= 4 is 33.9 Å². The van der Waals surface area contributed by atoms with E-state index in [9.17, 15) is 0 Å². The maximum atomic E-state index is 5.80. The molecular formula is C15H22INOS. The Morgan fingerprint density at radius 2 is 2.26 bits per heavy atom. The first-order chi connectivity index (χ1) is 9.33. The summed E-state index contributed by atoms with van der Waals surface area (Å²) in [4.78, 5) is 1.61. The summed E-state index contributed by atoms with van der Waals surface area (Å²) in [5.74, 6) is 0. The molecule has 1 aromatic rings. The van der Waals surface area contributed by atoms with Gasteiger partial charge in [-0.25, -0.2) is 0 Å². The second-order valence-corrected chi connectivity index (χ2v) is 8.64. The van der Waals surface area contributed by atoms with Gasteiger partial charge in [0.2, 0.25) is 0 Å². The van der Waals surface area contributed by atoms with Gasteiger partial charge in [-0.1, -0.05) is 0 Å². The molecule has 0 saturated carbocycles. The van der Waals surface area contributed by atoms with Gasteiger partial charge in [0.15, 0.2) is 0 Å². The van der Waals surface area contributed by atoms with Crippen molar-refractivity contribution < 1.29 is 4.74 Å². The molecular weight excluding hydrogens is 369 g/mol. The number of hydrogen-bond donors (Lipinski definition) is 1. The first kappa shape index (κ1) is 14.3. The van der Waals surface area contributed by atoms with E-state index in [0.717, 1.165) is 13.2 Å². The number of hydrogen-bond acceptors (Lipinski definition) is 3.